The molecule has 1 heterocycles. The van der Waals surface area contributed by atoms with Crippen LogP contribution in [0.1, 0.15) is 6.92 Å². The van der Waals surface area contributed by atoms with E-state index in [0.29, 0.717) is 16.7 Å². The van der Waals surface area contributed by atoms with Crippen LogP contribution >= 0.6 is 15.9 Å². The molecule has 0 fully saturated rings. The molecule has 8 heteroatoms. The average molecular weight is 350 g/mol. The second-order valence-corrected chi connectivity index (χ2v) is 7.26. The Morgan fingerprint density at radius 2 is 2.26 bits per heavy atom. The Hall–Kier alpha value is -1.15. The number of rotatable bonds is 6. The summed E-state index contributed by atoms with van der Waals surface area (Å²) in [5.74, 6) is -0.0187. The van der Waals surface area contributed by atoms with Crippen LogP contribution in [0.15, 0.2) is 28.1 Å². The molecular weight excluding hydrogens is 334 g/mol. The lowest BCUT2D eigenvalue weighted by molar-refractivity contribution is 0.597. The fraction of sp³-hybridized carbons (Fsp3) is 0.455. The zero-order valence-electron chi connectivity index (χ0n) is 10.8. The van der Waals surface area contributed by atoms with Gasteiger partial charge in [-0.05, 0) is 22.9 Å². The summed E-state index contributed by atoms with van der Waals surface area (Å²) in [6.07, 6.45) is 4.22. The van der Waals surface area contributed by atoms with Gasteiger partial charge in [0.25, 0.3) is 5.56 Å². The minimum Gasteiger partial charge on any atom is -0.379 e. The lowest BCUT2D eigenvalue weighted by Gasteiger charge is -2.15. The Labute approximate surface area is 120 Å². The first-order valence-corrected chi connectivity index (χ1v) is 8.40. The lowest BCUT2D eigenvalue weighted by Crippen LogP contribution is -2.28. The number of allylic oxidation sites excluding steroid dienone is 1. The number of anilines is 1. The molecule has 0 saturated carbocycles. The number of halogens is 1. The molecule has 0 bridgehead atoms. The molecule has 6 nitrogen and oxygen atoms in total. The Morgan fingerprint density at radius 1 is 1.63 bits per heavy atom. The monoisotopic (exact) mass is 349 g/mol. The quantitative estimate of drug-likeness (QED) is 0.776. The number of nitrogens with zero attached hydrogens (tertiary/aromatic N) is 2. The SMILES string of the molecule is C=CCn1ncc(NC(C)CS(C)(=O)=O)c(Br)c1=O. The highest BCUT2D eigenvalue weighted by atomic mass is 79.9. The fourth-order valence-electron chi connectivity index (χ4n) is 1.58. The van der Waals surface area contributed by atoms with Crippen LogP contribution in [-0.4, -0.2) is 36.2 Å². The van der Waals surface area contributed by atoms with Gasteiger partial charge in [-0.15, -0.1) is 6.58 Å². The summed E-state index contributed by atoms with van der Waals surface area (Å²) in [6, 6.07) is -0.317. The van der Waals surface area contributed by atoms with Gasteiger partial charge < -0.3 is 5.32 Å². The van der Waals surface area contributed by atoms with Gasteiger partial charge in [0.05, 0.1) is 24.2 Å². The van der Waals surface area contributed by atoms with E-state index in [1.807, 2.05) is 0 Å². The molecule has 106 valence electrons. The zero-order valence-corrected chi connectivity index (χ0v) is 13.2. The van der Waals surface area contributed by atoms with E-state index in [1.54, 1.807) is 13.0 Å². The van der Waals surface area contributed by atoms with Gasteiger partial charge in [-0.25, -0.2) is 13.1 Å². The van der Waals surface area contributed by atoms with Crippen molar-refractivity contribution in [1.82, 2.24) is 9.78 Å². The van der Waals surface area contributed by atoms with Crippen LogP contribution < -0.4 is 10.9 Å². The summed E-state index contributed by atoms with van der Waals surface area (Å²) in [6.45, 7) is 5.58. The Kier molecular flexibility index (Phi) is 5.30. The standard InChI is InChI=1S/C11H16BrN3O3S/c1-4-5-15-11(16)10(12)9(6-13-15)14-8(2)7-19(3,17)18/h4,6,8,14H,1,5,7H2,2-3H3. The maximum atomic E-state index is 11.9. The highest BCUT2D eigenvalue weighted by molar-refractivity contribution is 9.10. The number of nitrogens with one attached hydrogen (secondary N) is 1. The van der Waals surface area contributed by atoms with Crippen LogP contribution in [0.2, 0.25) is 0 Å². The highest BCUT2D eigenvalue weighted by Crippen LogP contribution is 2.17. The van der Waals surface area contributed by atoms with Crippen LogP contribution in [-0.2, 0) is 16.4 Å². The molecule has 1 aromatic heterocycles. The summed E-state index contributed by atoms with van der Waals surface area (Å²) < 4.78 is 23.9. The summed E-state index contributed by atoms with van der Waals surface area (Å²) in [5.41, 5.74) is 0.179. The van der Waals surface area contributed by atoms with Gasteiger partial charge in [-0.1, -0.05) is 6.08 Å². The molecule has 1 N–H and O–H groups in total. The molecule has 1 aromatic rings. The van der Waals surface area contributed by atoms with Gasteiger partial charge in [0.1, 0.15) is 14.3 Å². The number of sulfone groups is 1. The van der Waals surface area contributed by atoms with Crippen molar-refractivity contribution in [2.24, 2.45) is 0 Å². The molecule has 1 rings (SSSR count). The van der Waals surface area contributed by atoms with Crippen molar-refractivity contribution in [2.45, 2.75) is 19.5 Å². The summed E-state index contributed by atoms with van der Waals surface area (Å²) in [7, 11) is -3.08. The van der Waals surface area contributed by atoms with E-state index >= 15 is 0 Å². The largest absolute Gasteiger partial charge is 0.379 e. The molecule has 1 unspecified atom stereocenters. The average Bonchev–Trinajstić information content (AvgIpc) is 2.26. The first-order valence-electron chi connectivity index (χ1n) is 5.55. The normalized spacial score (nSPS) is 13.0. The molecule has 0 saturated heterocycles. The third-order valence-corrected chi connectivity index (χ3v) is 4.11. The minimum absolute atomic E-state index is 0.0187. The molecule has 0 aliphatic heterocycles. The number of hydrogen-bond donors (Lipinski definition) is 1. The van der Waals surface area contributed by atoms with Gasteiger partial charge in [-0.3, -0.25) is 4.79 Å². The van der Waals surface area contributed by atoms with Crippen LogP contribution in [0.4, 0.5) is 5.69 Å². The molecule has 0 spiro atoms. The summed E-state index contributed by atoms with van der Waals surface area (Å²) in [5, 5.41) is 6.92. The van der Waals surface area contributed by atoms with E-state index in [2.05, 4.69) is 32.9 Å². The third-order valence-electron chi connectivity index (χ3n) is 2.24. The van der Waals surface area contributed by atoms with Gasteiger partial charge in [-0.2, -0.15) is 5.10 Å². The predicted molar refractivity (Wildman–Crippen MR) is 79.2 cm³/mol. The molecule has 0 aliphatic carbocycles. The van der Waals surface area contributed by atoms with Gasteiger partial charge in [0.15, 0.2) is 0 Å². The first-order chi connectivity index (χ1) is 8.74. The van der Waals surface area contributed by atoms with E-state index in [-0.39, 0.29) is 17.4 Å². The molecule has 0 aliphatic rings. The van der Waals surface area contributed by atoms with Gasteiger partial charge in [0.2, 0.25) is 0 Å². The van der Waals surface area contributed by atoms with Crippen molar-refractivity contribution < 1.29 is 8.42 Å². The first kappa shape index (κ1) is 15.9. The smallest absolute Gasteiger partial charge is 0.283 e. The Balaban J connectivity index is 2.94. The highest BCUT2D eigenvalue weighted by Gasteiger charge is 2.14. The van der Waals surface area contributed by atoms with Crippen molar-refractivity contribution in [3.05, 3.63) is 33.7 Å². The van der Waals surface area contributed by atoms with Crippen molar-refractivity contribution in [3.8, 4) is 0 Å². The van der Waals surface area contributed by atoms with E-state index in [1.165, 1.54) is 17.1 Å². The van der Waals surface area contributed by atoms with Crippen LogP contribution in [0.3, 0.4) is 0 Å². The summed E-state index contributed by atoms with van der Waals surface area (Å²) in [4.78, 5) is 11.9. The number of hydrogen-bond acceptors (Lipinski definition) is 5. The number of aromatic nitrogens is 2. The van der Waals surface area contributed by atoms with Gasteiger partial charge in [0, 0.05) is 12.3 Å². The van der Waals surface area contributed by atoms with E-state index in [9.17, 15) is 13.2 Å². The zero-order chi connectivity index (χ0) is 14.6. The fourth-order valence-corrected chi connectivity index (χ4v) is 2.99. The topological polar surface area (TPSA) is 81.1 Å². The van der Waals surface area contributed by atoms with Crippen molar-refractivity contribution in [3.63, 3.8) is 0 Å². The molecule has 19 heavy (non-hydrogen) atoms. The molecule has 1 atom stereocenters. The minimum atomic E-state index is -3.08. The molecule has 0 amide bonds. The van der Waals surface area contributed by atoms with E-state index < -0.39 is 9.84 Å². The predicted octanol–water partition coefficient (Wildman–Crippen LogP) is 1.04. The van der Waals surface area contributed by atoms with Crippen molar-refractivity contribution >= 4 is 31.5 Å². The molecular formula is C11H16BrN3O3S. The van der Waals surface area contributed by atoms with Crippen molar-refractivity contribution in [2.75, 3.05) is 17.3 Å². The van der Waals surface area contributed by atoms with Crippen molar-refractivity contribution in [1.29, 1.82) is 0 Å². The second-order valence-electron chi connectivity index (χ2n) is 4.29. The maximum Gasteiger partial charge on any atom is 0.283 e. The van der Waals surface area contributed by atoms with E-state index in [0.717, 1.165) is 0 Å². The van der Waals surface area contributed by atoms with E-state index in [4.69, 9.17) is 0 Å². The lowest BCUT2D eigenvalue weighted by atomic mass is 10.3. The summed E-state index contributed by atoms with van der Waals surface area (Å²) >= 11 is 3.19. The second kappa shape index (κ2) is 6.33. The van der Waals surface area contributed by atoms with Gasteiger partial charge >= 0.3 is 0 Å². The van der Waals surface area contributed by atoms with Crippen LogP contribution in [0.25, 0.3) is 0 Å². The van der Waals surface area contributed by atoms with Crippen LogP contribution in [0.5, 0.6) is 0 Å². The molecule has 0 aromatic carbocycles. The Bertz CT molecular complexity index is 625. The maximum absolute atomic E-state index is 11.9. The van der Waals surface area contributed by atoms with Crippen LogP contribution in [0, 0.1) is 0 Å². The third kappa shape index (κ3) is 4.79. The Morgan fingerprint density at radius 3 is 2.79 bits per heavy atom. The molecule has 0 radical (unpaired) electrons.